The molecule has 35 heavy (non-hydrogen) atoms. The normalized spacial score (nSPS) is 13.0. The van der Waals surface area contributed by atoms with E-state index in [0.717, 1.165) is 22.0 Å². The molecule has 1 aromatic heterocycles. The van der Waals surface area contributed by atoms with Gasteiger partial charge in [0.05, 0.1) is 15.7 Å². The van der Waals surface area contributed by atoms with E-state index in [0.29, 0.717) is 30.8 Å². The summed E-state index contributed by atoms with van der Waals surface area (Å²) in [4.78, 5) is 40.2. The van der Waals surface area contributed by atoms with Crippen LogP contribution in [-0.2, 0) is 13.0 Å². The molecular formula is C25H18Cl2N4O4. The van der Waals surface area contributed by atoms with E-state index < -0.39 is 11.2 Å². The molecule has 0 atom stereocenters. The minimum absolute atomic E-state index is 0.0269. The van der Waals surface area contributed by atoms with E-state index in [9.17, 15) is 14.4 Å². The molecule has 0 fully saturated rings. The molecular weight excluding hydrogens is 491 g/mol. The van der Waals surface area contributed by atoms with Crippen LogP contribution in [0.2, 0.25) is 10.0 Å². The van der Waals surface area contributed by atoms with Crippen LogP contribution >= 0.6 is 23.2 Å². The highest BCUT2D eigenvalue weighted by atomic mass is 35.5. The number of hydrogen-bond donors (Lipinski definition) is 1. The number of benzene rings is 3. The Hall–Kier alpha value is -3.88. The van der Waals surface area contributed by atoms with Gasteiger partial charge >= 0.3 is 5.69 Å². The Morgan fingerprint density at radius 3 is 2.43 bits per heavy atom. The molecule has 0 aliphatic carbocycles. The number of fused-ring (bicyclic) bond motifs is 1. The number of rotatable bonds is 5. The van der Waals surface area contributed by atoms with Crippen LogP contribution < -0.4 is 16.0 Å². The van der Waals surface area contributed by atoms with Crippen molar-refractivity contribution in [2.75, 3.05) is 6.54 Å². The van der Waals surface area contributed by atoms with Gasteiger partial charge in [-0.2, -0.15) is 9.78 Å². The fraction of sp³-hybridized carbons (Fsp3) is 0.120. The molecule has 1 N–H and O–H groups in total. The van der Waals surface area contributed by atoms with Gasteiger partial charge in [0.25, 0.3) is 11.5 Å². The quantitative estimate of drug-likeness (QED) is 0.435. The molecule has 1 aliphatic heterocycles. The van der Waals surface area contributed by atoms with Crippen molar-refractivity contribution >= 4 is 29.1 Å². The van der Waals surface area contributed by atoms with Crippen LogP contribution in [0.5, 0.6) is 11.5 Å². The fourth-order valence-corrected chi connectivity index (χ4v) is 4.51. The summed E-state index contributed by atoms with van der Waals surface area (Å²) in [7, 11) is 0. The minimum atomic E-state index is -0.723. The van der Waals surface area contributed by atoms with Gasteiger partial charge < -0.3 is 9.64 Å². The van der Waals surface area contributed by atoms with Gasteiger partial charge in [0.2, 0.25) is 0 Å². The van der Waals surface area contributed by atoms with Crippen LogP contribution in [0.1, 0.15) is 21.5 Å². The molecule has 176 valence electrons. The van der Waals surface area contributed by atoms with Crippen LogP contribution in [0.4, 0.5) is 0 Å². The Morgan fingerprint density at radius 1 is 0.971 bits per heavy atom. The Balaban J connectivity index is 1.37. The van der Waals surface area contributed by atoms with Crippen LogP contribution in [0.15, 0.2) is 76.4 Å². The first kappa shape index (κ1) is 22.9. The molecule has 0 bridgehead atoms. The summed E-state index contributed by atoms with van der Waals surface area (Å²) in [6.45, 7) is 1.16. The third-order valence-corrected chi connectivity index (χ3v) is 6.18. The smallest absolute Gasteiger partial charge is 0.349 e. The zero-order valence-corrected chi connectivity index (χ0v) is 19.7. The van der Waals surface area contributed by atoms with E-state index in [1.807, 2.05) is 41.3 Å². The maximum atomic E-state index is 13.0. The molecule has 2 heterocycles. The van der Waals surface area contributed by atoms with Gasteiger partial charge in [-0.25, -0.2) is 4.79 Å². The standard InChI is InChI=1S/C25H18Cl2N4O4/c26-20-11-17(31-25(34)29-22(32)13-28-31)12-21(27)23(20)35-18-6-7-19-16(10-18)8-9-30(24(19)33)14-15-4-2-1-3-5-15/h1-7,10-13H,8-9,14H2,(H,29,32,34). The third kappa shape index (κ3) is 4.71. The molecule has 0 spiro atoms. The lowest BCUT2D eigenvalue weighted by Crippen LogP contribution is -2.37. The van der Waals surface area contributed by atoms with Crippen molar-refractivity contribution < 1.29 is 9.53 Å². The number of nitrogens with one attached hydrogen (secondary N) is 1. The zero-order chi connectivity index (χ0) is 24.5. The molecule has 1 amide bonds. The molecule has 0 saturated heterocycles. The van der Waals surface area contributed by atoms with Gasteiger partial charge in [-0.3, -0.25) is 14.6 Å². The number of hydrogen-bond acceptors (Lipinski definition) is 5. The first-order chi connectivity index (χ1) is 16.9. The molecule has 0 unspecified atom stereocenters. The summed E-state index contributed by atoms with van der Waals surface area (Å²) in [5, 5.41) is 4.09. The summed E-state index contributed by atoms with van der Waals surface area (Å²) in [5.41, 5.74) is 1.52. The van der Waals surface area contributed by atoms with Crippen LogP contribution in [0.25, 0.3) is 5.69 Å². The largest absolute Gasteiger partial charge is 0.454 e. The van der Waals surface area contributed by atoms with Gasteiger partial charge in [-0.1, -0.05) is 53.5 Å². The van der Waals surface area contributed by atoms with E-state index in [1.165, 1.54) is 12.1 Å². The lowest BCUT2D eigenvalue weighted by Gasteiger charge is -2.29. The average Bonchev–Trinajstić information content (AvgIpc) is 2.84. The molecule has 3 aromatic carbocycles. The number of carbonyl (C=O) groups excluding carboxylic acids is 1. The second kappa shape index (κ2) is 9.40. The van der Waals surface area contributed by atoms with Gasteiger partial charge in [-0.15, -0.1) is 0 Å². The Bertz CT molecular complexity index is 1530. The highest BCUT2D eigenvalue weighted by Crippen LogP contribution is 2.38. The second-order valence-electron chi connectivity index (χ2n) is 7.97. The van der Waals surface area contributed by atoms with E-state index in [4.69, 9.17) is 27.9 Å². The van der Waals surface area contributed by atoms with Crippen molar-refractivity contribution in [3.8, 4) is 17.2 Å². The molecule has 4 aromatic rings. The first-order valence-corrected chi connectivity index (χ1v) is 11.5. The fourth-order valence-electron chi connectivity index (χ4n) is 3.95. The Labute approximate surface area is 209 Å². The first-order valence-electron chi connectivity index (χ1n) is 10.7. The summed E-state index contributed by atoms with van der Waals surface area (Å²) in [5.74, 6) is 0.646. The predicted molar refractivity (Wildman–Crippen MR) is 132 cm³/mol. The van der Waals surface area contributed by atoms with E-state index in [2.05, 4.69) is 10.1 Å². The maximum absolute atomic E-state index is 13.0. The maximum Gasteiger partial charge on any atom is 0.349 e. The van der Waals surface area contributed by atoms with Crippen molar-refractivity contribution in [3.63, 3.8) is 0 Å². The van der Waals surface area contributed by atoms with Crippen LogP contribution in [0.3, 0.4) is 0 Å². The zero-order valence-electron chi connectivity index (χ0n) is 18.2. The third-order valence-electron chi connectivity index (χ3n) is 5.62. The lowest BCUT2D eigenvalue weighted by atomic mass is 9.98. The van der Waals surface area contributed by atoms with Crippen molar-refractivity contribution in [2.24, 2.45) is 0 Å². The molecule has 0 saturated carbocycles. The summed E-state index contributed by atoms with van der Waals surface area (Å²) >= 11 is 12.8. The van der Waals surface area contributed by atoms with Crippen LogP contribution in [-0.4, -0.2) is 32.1 Å². The second-order valence-corrected chi connectivity index (χ2v) is 8.79. The molecule has 8 nitrogen and oxygen atoms in total. The SMILES string of the molecule is O=C1c2ccc(Oc3c(Cl)cc(-n4ncc(=O)[nH]c4=O)cc3Cl)cc2CCN1Cc1ccccc1. The number of amides is 1. The predicted octanol–water partition coefficient (Wildman–Crippen LogP) is 4.22. The van der Waals surface area contributed by atoms with E-state index in [-0.39, 0.29) is 27.4 Å². The average molecular weight is 509 g/mol. The molecule has 5 rings (SSSR count). The Morgan fingerprint density at radius 2 is 1.71 bits per heavy atom. The highest BCUT2D eigenvalue weighted by Gasteiger charge is 2.25. The minimum Gasteiger partial charge on any atom is -0.454 e. The summed E-state index contributed by atoms with van der Waals surface area (Å²) < 4.78 is 6.92. The number of H-pyrrole nitrogens is 1. The lowest BCUT2D eigenvalue weighted by molar-refractivity contribution is 0.0727. The summed E-state index contributed by atoms with van der Waals surface area (Å²) in [6, 6.07) is 18.0. The van der Waals surface area contributed by atoms with Gasteiger partial charge in [0.1, 0.15) is 11.9 Å². The topological polar surface area (TPSA) is 97.3 Å². The number of aromatic nitrogens is 3. The molecule has 0 radical (unpaired) electrons. The number of carbonyl (C=O) groups is 1. The summed E-state index contributed by atoms with van der Waals surface area (Å²) in [6.07, 6.45) is 1.66. The number of nitrogens with zero attached hydrogens (tertiary/aromatic N) is 3. The number of aromatic amines is 1. The van der Waals surface area contributed by atoms with Gasteiger partial charge in [0, 0.05) is 18.7 Å². The molecule has 10 heteroatoms. The van der Waals surface area contributed by atoms with Crippen molar-refractivity contribution in [1.82, 2.24) is 19.7 Å². The number of halogens is 2. The van der Waals surface area contributed by atoms with Crippen molar-refractivity contribution in [1.29, 1.82) is 0 Å². The van der Waals surface area contributed by atoms with Crippen LogP contribution in [0, 0.1) is 0 Å². The highest BCUT2D eigenvalue weighted by molar-refractivity contribution is 6.37. The van der Waals surface area contributed by atoms with Crippen molar-refractivity contribution in [2.45, 2.75) is 13.0 Å². The van der Waals surface area contributed by atoms with Crippen molar-refractivity contribution in [3.05, 3.63) is 114 Å². The van der Waals surface area contributed by atoms with E-state index in [1.54, 1.807) is 12.1 Å². The van der Waals surface area contributed by atoms with Gasteiger partial charge in [-0.05, 0) is 47.9 Å². The van der Waals surface area contributed by atoms with Gasteiger partial charge in [0.15, 0.2) is 5.75 Å². The Kier molecular flexibility index (Phi) is 6.15. The monoisotopic (exact) mass is 508 g/mol. The van der Waals surface area contributed by atoms with E-state index >= 15 is 0 Å². The number of ether oxygens (including phenoxy) is 1. The molecule has 1 aliphatic rings.